The lowest BCUT2D eigenvalue weighted by Crippen LogP contribution is -2.51. The Hall–Kier alpha value is -6.71. The minimum Gasteiger partial charge on any atom is -0.490 e. The molecule has 1 aromatic rings. The van der Waals surface area contributed by atoms with E-state index in [9.17, 15) is 68.1 Å². The minimum atomic E-state index is -2.15. The zero-order valence-electron chi connectivity index (χ0n) is 56.9. The fourth-order valence-electron chi connectivity index (χ4n) is 14.0. The highest BCUT2D eigenvalue weighted by atomic mass is 79.9. The summed E-state index contributed by atoms with van der Waals surface area (Å²) in [6.45, 7) is 15.0. The van der Waals surface area contributed by atoms with Crippen molar-refractivity contribution in [2.45, 2.75) is 140 Å². The predicted molar refractivity (Wildman–Crippen MR) is 331 cm³/mol. The summed E-state index contributed by atoms with van der Waals surface area (Å²) < 4.78 is 65.6. The topological polar surface area (TPSA) is 359 Å². The quantitative estimate of drug-likeness (QED) is 0.0265. The molecule has 9 unspecified atom stereocenters. The van der Waals surface area contributed by atoms with Crippen LogP contribution in [0.4, 0.5) is 0 Å². The van der Waals surface area contributed by atoms with Crippen LogP contribution < -0.4 is 4.74 Å². The maximum atomic E-state index is 14.9. The third-order valence-electron chi connectivity index (χ3n) is 16.6. The van der Waals surface area contributed by atoms with Gasteiger partial charge in [-0.15, -0.1) is 0 Å². The molecular weight excluding hydrogens is 1280 g/mol. The van der Waals surface area contributed by atoms with Crippen molar-refractivity contribution in [1.29, 1.82) is 0 Å². The van der Waals surface area contributed by atoms with Gasteiger partial charge in [0.05, 0.1) is 124 Å². The van der Waals surface area contributed by atoms with Gasteiger partial charge in [0.15, 0.2) is 0 Å². The van der Waals surface area contributed by atoms with Crippen molar-refractivity contribution in [3.63, 3.8) is 0 Å². The number of aliphatic hydroxyl groups excluding tert-OH is 3. The Bertz CT molecular complexity index is 2770. The predicted octanol–water partition coefficient (Wildman–Crippen LogP) is 6.73. The number of methoxy groups -OCH3 is 7. The second-order valence-corrected chi connectivity index (χ2v) is 27.7. The summed E-state index contributed by atoms with van der Waals surface area (Å²) in [4.78, 5) is 157. The largest absolute Gasteiger partial charge is 0.490 e. The summed E-state index contributed by atoms with van der Waals surface area (Å²) in [5, 5.41) is 29.6. The van der Waals surface area contributed by atoms with Crippen LogP contribution in [0.3, 0.4) is 0 Å². The van der Waals surface area contributed by atoms with Crippen LogP contribution in [0.15, 0.2) is 40.9 Å². The van der Waals surface area contributed by atoms with E-state index in [1.807, 2.05) is 0 Å². The molecule has 0 aliphatic rings. The maximum absolute atomic E-state index is 14.9. The van der Waals surface area contributed by atoms with Crippen molar-refractivity contribution < 1.29 is 125 Å². The van der Waals surface area contributed by atoms with Crippen LogP contribution in [-0.2, 0) is 105 Å². The summed E-state index contributed by atoms with van der Waals surface area (Å²) in [5.41, 5.74) is -19.5. The molecule has 522 valence electrons. The first-order valence-corrected chi connectivity index (χ1v) is 30.4. The first-order valence-electron chi connectivity index (χ1n) is 29.6. The van der Waals surface area contributed by atoms with E-state index in [2.05, 4.69) is 22.5 Å². The van der Waals surface area contributed by atoms with Crippen molar-refractivity contribution >= 4 is 81.6 Å². The zero-order valence-corrected chi connectivity index (χ0v) is 58.4. The lowest BCUT2D eigenvalue weighted by molar-refractivity contribution is -0.175. The Morgan fingerprint density at radius 3 is 0.870 bits per heavy atom. The molecule has 9 atom stereocenters. The van der Waals surface area contributed by atoms with Crippen LogP contribution in [0.2, 0.25) is 0 Å². The number of hydrogen-bond donors (Lipinski definition) is 3. The monoisotopic (exact) mass is 1370 g/mol. The Kier molecular flexibility index (Phi) is 31.7. The number of rotatable bonds is 41. The summed E-state index contributed by atoms with van der Waals surface area (Å²) >= 11 is 3.34. The molecular formula is C65H99BrO26. The Balaban J connectivity index is 4.36. The Morgan fingerprint density at radius 1 is 0.348 bits per heavy atom. The van der Waals surface area contributed by atoms with Gasteiger partial charge >= 0.3 is 65.7 Å². The molecule has 3 N–H and O–H groups in total. The van der Waals surface area contributed by atoms with Crippen LogP contribution in [0, 0.1) is 54.1 Å². The van der Waals surface area contributed by atoms with Gasteiger partial charge in [0.1, 0.15) is 38.8 Å². The molecule has 27 heteroatoms. The van der Waals surface area contributed by atoms with Crippen LogP contribution in [0.1, 0.15) is 140 Å². The fraction of sp³-hybridized carbons (Fsp3) is 0.708. The van der Waals surface area contributed by atoms with Crippen LogP contribution in [0.25, 0.3) is 0 Å². The van der Waals surface area contributed by atoms with Gasteiger partial charge in [-0.05, 0) is 165 Å². The average Bonchev–Trinajstić information content (AvgIpc) is 0.766. The second-order valence-electron chi connectivity index (χ2n) is 26.8. The summed E-state index contributed by atoms with van der Waals surface area (Å²) in [7, 11) is 7.53. The highest BCUT2D eigenvalue weighted by Crippen LogP contribution is 2.57. The molecule has 0 fully saturated rings. The molecule has 0 amide bonds. The number of carbonyl (C=O) groups excluding carboxylic acids is 11. The number of halogens is 1. The third-order valence-corrected chi connectivity index (χ3v) is 17.2. The summed E-state index contributed by atoms with van der Waals surface area (Å²) in [5.74, 6) is -10.3. The van der Waals surface area contributed by atoms with Gasteiger partial charge < -0.3 is 72.2 Å². The van der Waals surface area contributed by atoms with Gasteiger partial charge in [0, 0.05) is 10.0 Å². The summed E-state index contributed by atoms with van der Waals surface area (Å²) in [6.07, 6.45) is -5.73. The standard InChI is InChI=1S/C65H99BrO26/c1-42(45(70)89-31-30-88-44-22-20-43(66)21-23-44)32-57(4,53(78)90-27-24-67)34-64(11,54(79)91-28-25-68)41-65(12,55(80)92-29-26-69)40-63(10,52(77)87-19)39-62(9,51(76)86-18)38-61(8,50(75)85-17)37-60(7,49(74)84-16)36-59(6,48(73)83-15)35-58(5,47(72)82-14)33-56(2,3)46(71)81-13/h20-23,67-69H,1,24-41H2,2-19H3. The van der Waals surface area contributed by atoms with E-state index in [1.54, 1.807) is 24.3 Å². The molecule has 1 rings (SSSR count). The summed E-state index contributed by atoms with van der Waals surface area (Å²) in [6, 6.07) is 6.85. The van der Waals surface area contributed by atoms with Crippen molar-refractivity contribution in [3.05, 3.63) is 40.9 Å². The molecule has 0 radical (unpaired) electrons. The molecule has 0 spiro atoms. The molecule has 26 nitrogen and oxygen atoms in total. The molecule has 92 heavy (non-hydrogen) atoms. The molecule has 0 heterocycles. The minimum absolute atomic E-state index is 0.0843. The number of ether oxygens (including phenoxy) is 12. The first-order chi connectivity index (χ1) is 42.5. The average molecular weight is 1380 g/mol. The van der Waals surface area contributed by atoms with E-state index >= 15 is 0 Å². The highest BCUT2D eigenvalue weighted by molar-refractivity contribution is 9.10. The van der Waals surface area contributed by atoms with Crippen molar-refractivity contribution in [2.24, 2.45) is 54.1 Å². The first kappa shape index (κ1) is 83.3. The van der Waals surface area contributed by atoms with Gasteiger partial charge in [0.2, 0.25) is 0 Å². The van der Waals surface area contributed by atoms with Crippen molar-refractivity contribution in [2.75, 3.05) is 103 Å². The van der Waals surface area contributed by atoms with Gasteiger partial charge in [0.25, 0.3) is 0 Å². The zero-order chi connectivity index (χ0) is 71.1. The van der Waals surface area contributed by atoms with E-state index in [-0.39, 0.29) is 25.2 Å². The molecule has 0 saturated carbocycles. The molecule has 0 bridgehead atoms. The van der Waals surface area contributed by atoms with E-state index < -0.39 is 217 Å². The number of hydrogen-bond acceptors (Lipinski definition) is 26. The van der Waals surface area contributed by atoms with Crippen LogP contribution in [-0.4, -0.2) is 184 Å². The highest BCUT2D eigenvalue weighted by Gasteiger charge is 2.61. The van der Waals surface area contributed by atoms with Crippen molar-refractivity contribution in [3.8, 4) is 5.75 Å². The van der Waals surface area contributed by atoms with E-state index in [4.69, 9.17) is 56.8 Å². The molecule has 0 aliphatic heterocycles. The molecule has 0 saturated heterocycles. The lowest BCUT2D eigenvalue weighted by atomic mass is 9.56. The SMILES string of the molecule is C=C(CC(C)(CC(C)(CC(C)(CC(C)(CC(C)(CC(C)(CC(C)(CC(C)(CC(C)(CC(C)(C)C(=O)OC)C(=O)OC)C(=O)OC)C(=O)OC)C(=O)OC)C(=O)OC)C(=O)OC)C(=O)OCCO)C(=O)OCCO)C(=O)OCCO)C(=O)OCCOc1ccc(Br)cc1. The maximum Gasteiger partial charge on any atom is 0.333 e. The fourth-order valence-corrected chi connectivity index (χ4v) is 14.2. The van der Waals surface area contributed by atoms with Crippen LogP contribution in [0.5, 0.6) is 5.75 Å². The van der Waals surface area contributed by atoms with E-state index in [0.29, 0.717) is 5.75 Å². The van der Waals surface area contributed by atoms with Gasteiger partial charge in [-0.2, -0.15) is 0 Å². The van der Waals surface area contributed by atoms with Gasteiger partial charge in [-0.3, -0.25) is 47.9 Å². The molecule has 0 aromatic heterocycles. The lowest BCUT2D eigenvalue weighted by Gasteiger charge is -2.47. The van der Waals surface area contributed by atoms with Gasteiger partial charge in [-0.25, -0.2) is 4.79 Å². The third kappa shape index (κ3) is 22.2. The van der Waals surface area contributed by atoms with Gasteiger partial charge in [-0.1, -0.05) is 22.5 Å². The number of aliphatic hydroxyl groups is 3. The smallest absolute Gasteiger partial charge is 0.333 e. The molecule has 1 aromatic carbocycles. The Morgan fingerprint density at radius 2 is 0.598 bits per heavy atom. The van der Waals surface area contributed by atoms with Crippen molar-refractivity contribution in [1.82, 2.24) is 0 Å². The number of carbonyl (C=O) groups is 11. The number of benzene rings is 1. The van der Waals surface area contributed by atoms with E-state index in [1.165, 1.54) is 83.3 Å². The molecule has 0 aliphatic carbocycles. The normalized spacial score (nSPS) is 17.4. The Labute approximate surface area is 548 Å². The van der Waals surface area contributed by atoms with E-state index in [0.717, 1.165) is 47.1 Å². The van der Waals surface area contributed by atoms with Crippen LogP contribution >= 0.6 is 15.9 Å². The number of esters is 11. The second kappa shape index (κ2) is 35.0.